The molecule has 0 atom stereocenters. The lowest BCUT2D eigenvalue weighted by Gasteiger charge is -2.36. The molecular formula is C26H32N4O4. The number of fused-ring (bicyclic) bond motifs is 1. The van der Waals surface area contributed by atoms with Crippen LogP contribution in [0.15, 0.2) is 30.6 Å². The molecule has 4 heterocycles. The number of nitrogens with zero attached hydrogens (tertiary/aromatic N) is 4. The van der Waals surface area contributed by atoms with Crippen molar-refractivity contribution in [1.29, 1.82) is 0 Å². The van der Waals surface area contributed by atoms with Gasteiger partial charge in [0, 0.05) is 95.0 Å². The molecule has 0 saturated carbocycles. The second-order valence-corrected chi connectivity index (χ2v) is 8.95. The fourth-order valence-electron chi connectivity index (χ4n) is 5.16. The predicted octanol–water partition coefficient (Wildman–Crippen LogP) is 3.50. The Morgan fingerprint density at radius 3 is 2.59 bits per heavy atom. The van der Waals surface area contributed by atoms with Gasteiger partial charge in [0.15, 0.2) is 0 Å². The summed E-state index contributed by atoms with van der Waals surface area (Å²) in [4.78, 5) is 25.6. The Labute approximate surface area is 200 Å². The molecule has 180 valence electrons. The number of carbonyl (C=O) groups excluding carboxylic acids is 1. The minimum atomic E-state index is -0.308. The van der Waals surface area contributed by atoms with Crippen LogP contribution in [0.3, 0.4) is 0 Å². The van der Waals surface area contributed by atoms with Gasteiger partial charge in [0.05, 0.1) is 23.6 Å². The molecule has 1 amide bonds. The van der Waals surface area contributed by atoms with E-state index in [-0.39, 0.29) is 11.7 Å². The summed E-state index contributed by atoms with van der Waals surface area (Å²) in [5.74, 6) is 0. The summed E-state index contributed by atoms with van der Waals surface area (Å²) in [6.45, 7) is 6.50. The first-order chi connectivity index (χ1) is 16.6. The van der Waals surface area contributed by atoms with Gasteiger partial charge < -0.3 is 24.0 Å². The molecule has 2 saturated heterocycles. The van der Waals surface area contributed by atoms with Crippen molar-refractivity contribution in [3.8, 4) is 0 Å². The topological polar surface area (TPSA) is 77.0 Å². The zero-order chi connectivity index (χ0) is 23.5. The summed E-state index contributed by atoms with van der Waals surface area (Å²) in [5, 5.41) is 0. The van der Waals surface area contributed by atoms with Gasteiger partial charge in [0.2, 0.25) is 0 Å². The second-order valence-electron chi connectivity index (χ2n) is 8.95. The third kappa shape index (κ3) is 4.28. The van der Waals surface area contributed by atoms with Gasteiger partial charge in [0.25, 0.3) is 0 Å². The van der Waals surface area contributed by atoms with Crippen LogP contribution in [0, 0.1) is 0 Å². The average molecular weight is 465 g/mol. The Morgan fingerprint density at radius 1 is 1.12 bits per heavy atom. The highest BCUT2D eigenvalue weighted by atomic mass is 16.6. The standard InChI is InChI=1S/C26H32N4O4/c1-3-34-25(31)30-12-10-29(11-13-30)24-6-9-27-23-17-19(16-21(23)24)22-5-4-20(18-28-22)26(32-2)7-14-33-15-8-26/h4-6,9,16,18H,3,7-8,10-15,17H2,1-2H3. The largest absolute Gasteiger partial charge is 0.450 e. The van der Waals surface area contributed by atoms with Crippen LogP contribution >= 0.6 is 0 Å². The predicted molar refractivity (Wildman–Crippen MR) is 130 cm³/mol. The maximum absolute atomic E-state index is 12.0. The summed E-state index contributed by atoms with van der Waals surface area (Å²) in [7, 11) is 1.77. The summed E-state index contributed by atoms with van der Waals surface area (Å²) in [6, 6.07) is 6.31. The van der Waals surface area contributed by atoms with Crippen molar-refractivity contribution in [3.63, 3.8) is 0 Å². The lowest BCUT2D eigenvalue weighted by molar-refractivity contribution is -0.0949. The van der Waals surface area contributed by atoms with Gasteiger partial charge in [0.1, 0.15) is 0 Å². The first-order valence-electron chi connectivity index (χ1n) is 12.1. The van der Waals surface area contributed by atoms with E-state index >= 15 is 0 Å². The smallest absolute Gasteiger partial charge is 0.409 e. The molecule has 0 radical (unpaired) electrons. The number of anilines is 1. The minimum Gasteiger partial charge on any atom is -0.450 e. The third-order valence-corrected chi connectivity index (χ3v) is 7.18. The molecule has 0 bridgehead atoms. The number of aromatic nitrogens is 2. The first kappa shape index (κ1) is 22.8. The Morgan fingerprint density at radius 2 is 1.91 bits per heavy atom. The van der Waals surface area contributed by atoms with Crippen LogP contribution in [0.2, 0.25) is 0 Å². The number of hydrogen-bond donors (Lipinski definition) is 0. The number of methoxy groups -OCH3 is 1. The van der Waals surface area contributed by atoms with Crippen LogP contribution in [-0.4, -0.2) is 74.1 Å². The molecule has 2 aromatic rings. The maximum Gasteiger partial charge on any atom is 0.409 e. The third-order valence-electron chi connectivity index (χ3n) is 7.18. The molecule has 2 fully saturated rings. The molecular weight excluding hydrogens is 432 g/mol. The molecule has 8 nitrogen and oxygen atoms in total. The lowest BCUT2D eigenvalue weighted by atomic mass is 9.87. The zero-order valence-corrected chi connectivity index (χ0v) is 20.0. The molecule has 8 heteroatoms. The van der Waals surface area contributed by atoms with Gasteiger partial charge in [-0.05, 0) is 30.7 Å². The second kappa shape index (κ2) is 9.72. The van der Waals surface area contributed by atoms with E-state index in [1.165, 1.54) is 11.3 Å². The van der Waals surface area contributed by atoms with Gasteiger partial charge in [-0.15, -0.1) is 0 Å². The van der Waals surface area contributed by atoms with Crippen molar-refractivity contribution < 1.29 is 19.0 Å². The molecule has 0 N–H and O–H groups in total. The van der Waals surface area contributed by atoms with Crippen LogP contribution in [0.25, 0.3) is 11.6 Å². The lowest BCUT2D eigenvalue weighted by Crippen LogP contribution is -2.49. The van der Waals surface area contributed by atoms with E-state index in [9.17, 15) is 4.79 Å². The quantitative estimate of drug-likeness (QED) is 0.670. The average Bonchev–Trinajstić information content (AvgIpc) is 3.34. The number of hydrogen-bond acceptors (Lipinski definition) is 7. The normalized spacial score (nSPS) is 19.5. The summed E-state index contributed by atoms with van der Waals surface area (Å²) < 4.78 is 16.6. The number of ether oxygens (including phenoxy) is 3. The monoisotopic (exact) mass is 464 g/mol. The van der Waals surface area contributed by atoms with Gasteiger partial charge >= 0.3 is 6.09 Å². The van der Waals surface area contributed by atoms with E-state index < -0.39 is 0 Å². The van der Waals surface area contributed by atoms with Crippen molar-refractivity contribution in [2.75, 3.05) is 58.0 Å². The highest BCUT2D eigenvalue weighted by Gasteiger charge is 2.35. The van der Waals surface area contributed by atoms with E-state index in [1.807, 2.05) is 19.3 Å². The number of carbonyl (C=O) groups is 1. The molecule has 2 aliphatic heterocycles. The highest BCUT2D eigenvalue weighted by Crippen LogP contribution is 2.38. The number of allylic oxidation sites excluding steroid dienone is 1. The fraction of sp³-hybridized carbons (Fsp3) is 0.500. The van der Waals surface area contributed by atoms with E-state index in [0.717, 1.165) is 54.9 Å². The van der Waals surface area contributed by atoms with Crippen LogP contribution in [-0.2, 0) is 26.2 Å². The number of rotatable bonds is 5. The molecule has 0 aromatic carbocycles. The Bertz CT molecular complexity index is 1050. The molecule has 34 heavy (non-hydrogen) atoms. The highest BCUT2D eigenvalue weighted by molar-refractivity contribution is 5.91. The Kier molecular flexibility index (Phi) is 6.52. The SMILES string of the molecule is CCOC(=O)N1CCN(c2ccnc3c2C=C(c2ccc(C4(OC)CCOCC4)cn2)C3)CC1. The maximum atomic E-state index is 12.0. The van der Waals surface area contributed by atoms with E-state index in [4.69, 9.17) is 19.2 Å². The van der Waals surface area contributed by atoms with Crippen LogP contribution in [0.1, 0.15) is 42.3 Å². The van der Waals surface area contributed by atoms with E-state index in [1.54, 1.807) is 12.0 Å². The van der Waals surface area contributed by atoms with Crippen LogP contribution < -0.4 is 4.90 Å². The summed E-state index contributed by atoms with van der Waals surface area (Å²) in [5.41, 5.74) is 6.34. The number of pyridine rings is 2. The molecule has 0 spiro atoms. The van der Waals surface area contributed by atoms with Gasteiger partial charge in [-0.3, -0.25) is 9.97 Å². The Balaban J connectivity index is 1.32. The Hall–Kier alpha value is -2.97. The van der Waals surface area contributed by atoms with Crippen molar-refractivity contribution >= 4 is 23.4 Å². The molecule has 0 unspecified atom stereocenters. The van der Waals surface area contributed by atoms with Crippen LogP contribution in [0.4, 0.5) is 10.5 Å². The minimum absolute atomic E-state index is 0.227. The number of piperazine rings is 1. The van der Waals surface area contributed by atoms with Gasteiger partial charge in [-0.1, -0.05) is 6.07 Å². The van der Waals surface area contributed by atoms with Crippen molar-refractivity contribution in [1.82, 2.24) is 14.9 Å². The van der Waals surface area contributed by atoms with Gasteiger partial charge in [-0.25, -0.2) is 4.79 Å². The van der Waals surface area contributed by atoms with Crippen molar-refractivity contribution in [2.45, 2.75) is 31.8 Å². The van der Waals surface area contributed by atoms with Gasteiger partial charge in [-0.2, -0.15) is 0 Å². The van der Waals surface area contributed by atoms with Crippen molar-refractivity contribution in [2.24, 2.45) is 0 Å². The number of amides is 1. The molecule has 3 aliphatic rings. The molecule has 1 aliphatic carbocycles. The van der Waals surface area contributed by atoms with Crippen LogP contribution in [0.5, 0.6) is 0 Å². The first-order valence-corrected chi connectivity index (χ1v) is 12.1. The zero-order valence-electron chi connectivity index (χ0n) is 20.0. The molecule has 5 rings (SSSR count). The summed E-state index contributed by atoms with van der Waals surface area (Å²) >= 11 is 0. The van der Waals surface area contributed by atoms with E-state index in [0.29, 0.717) is 32.9 Å². The molecule has 2 aromatic heterocycles. The fourth-order valence-corrected chi connectivity index (χ4v) is 5.16. The summed E-state index contributed by atoms with van der Waals surface area (Å²) in [6.07, 6.45) is 8.28. The van der Waals surface area contributed by atoms with Crippen molar-refractivity contribution in [3.05, 3.63) is 53.1 Å². The van der Waals surface area contributed by atoms with E-state index in [2.05, 4.69) is 34.2 Å².